The van der Waals surface area contributed by atoms with Crippen LogP contribution < -0.4 is 0 Å². The topological polar surface area (TPSA) is 45.8 Å². The number of Topliss-reactive ketones (excluding diaryl/α,β-unsaturated/α-hetero) is 1. The van der Waals surface area contributed by atoms with E-state index in [9.17, 15) is 4.79 Å². The number of rotatable bonds is 0. The van der Waals surface area contributed by atoms with Crippen LogP contribution in [0.4, 0.5) is 0 Å². The molecule has 1 heterocycles. The molecule has 0 saturated heterocycles. The van der Waals surface area contributed by atoms with Crippen LogP contribution in [0.1, 0.15) is 23.0 Å². The predicted molar refractivity (Wildman–Crippen MR) is 35.8 cm³/mol. The average Bonchev–Trinajstić information content (AvgIpc) is 2.41. The van der Waals surface area contributed by atoms with E-state index in [1.165, 1.54) is 0 Å². The fourth-order valence-corrected chi connectivity index (χ4v) is 1.35. The van der Waals surface area contributed by atoms with E-state index in [4.69, 9.17) is 0 Å². The van der Waals surface area contributed by atoms with Crippen LogP contribution in [-0.2, 0) is 6.42 Å². The van der Waals surface area contributed by atoms with Gasteiger partial charge in [-0.25, -0.2) is 0 Å². The van der Waals surface area contributed by atoms with E-state index in [0.29, 0.717) is 0 Å². The molecule has 1 atom stereocenters. The van der Waals surface area contributed by atoms with Crippen LogP contribution in [0.3, 0.4) is 0 Å². The molecule has 1 aliphatic carbocycles. The van der Waals surface area contributed by atoms with Crippen molar-refractivity contribution in [2.75, 3.05) is 0 Å². The molecule has 0 saturated carbocycles. The van der Waals surface area contributed by atoms with E-state index >= 15 is 0 Å². The first-order valence-corrected chi connectivity index (χ1v) is 3.35. The van der Waals surface area contributed by atoms with Crippen LogP contribution >= 0.6 is 0 Å². The van der Waals surface area contributed by atoms with Gasteiger partial charge >= 0.3 is 0 Å². The van der Waals surface area contributed by atoms with Crippen molar-refractivity contribution >= 4 is 5.78 Å². The largest absolute Gasteiger partial charge is 0.294 e. The maximum Gasteiger partial charge on any atom is 0.169 e. The number of ketones is 1. The standard InChI is InChI=1S/C7H8N2O/c1-4-2-6-5(7(4)10)3-8-9-6/h3-4H,2H2,1H3,(H,8,9). The Labute approximate surface area is 58.4 Å². The minimum atomic E-state index is 0.157. The molecule has 3 heteroatoms. The number of fused-ring (bicyclic) bond motifs is 1. The number of hydrogen-bond acceptors (Lipinski definition) is 2. The molecule has 1 N–H and O–H groups in total. The summed E-state index contributed by atoms with van der Waals surface area (Å²) in [6.07, 6.45) is 2.44. The third-order valence-electron chi connectivity index (χ3n) is 1.94. The monoisotopic (exact) mass is 136 g/mol. The Bertz CT molecular complexity index is 277. The van der Waals surface area contributed by atoms with Crippen LogP contribution in [0.25, 0.3) is 0 Å². The molecule has 0 aliphatic heterocycles. The number of carbonyl (C=O) groups is 1. The SMILES string of the molecule is CC1Cc2[nH]ncc2C1=O. The van der Waals surface area contributed by atoms with Gasteiger partial charge in [-0.15, -0.1) is 0 Å². The van der Waals surface area contributed by atoms with E-state index in [-0.39, 0.29) is 11.7 Å². The molecule has 52 valence electrons. The van der Waals surface area contributed by atoms with Crippen molar-refractivity contribution < 1.29 is 4.79 Å². The Morgan fingerprint density at radius 2 is 2.60 bits per heavy atom. The fourth-order valence-electron chi connectivity index (χ4n) is 1.35. The van der Waals surface area contributed by atoms with E-state index < -0.39 is 0 Å². The van der Waals surface area contributed by atoms with E-state index in [1.54, 1.807) is 6.20 Å². The van der Waals surface area contributed by atoms with Crippen LogP contribution in [0, 0.1) is 5.92 Å². The normalized spacial score (nSPS) is 23.3. The highest BCUT2D eigenvalue weighted by Gasteiger charge is 2.28. The fraction of sp³-hybridized carbons (Fsp3) is 0.429. The smallest absolute Gasteiger partial charge is 0.169 e. The van der Waals surface area contributed by atoms with Gasteiger partial charge < -0.3 is 0 Å². The first-order chi connectivity index (χ1) is 4.79. The lowest BCUT2D eigenvalue weighted by Crippen LogP contribution is -2.03. The summed E-state index contributed by atoms with van der Waals surface area (Å²) < 4.78 is 0. The second kappa shape index (κ2) is 1.68. The number of aromatic amines is 1. The summed E-state index contributed by atoms with van der Waals surface area (Å²) >= 11 is 0. The zero-order valence-electron chi connectivity index (χ0n) is 5.72. The lowest BCUT2D eigenvalue weighted by molar-refractivity contribution is 0.0946. The van der Waals surface area contributed by atoms with E-state index in [0.717, 1.165) is 17.7 Å². The zero-order chi connectivity index (χ0) is 7.14. The van der Waals surface area contributed by atoms with Crippen molar-refractivity contribution in [3.63, 3.8) is 0 Å². The van der Waals surface area contributed by atoms with Gasteiger partial charge in [0.2, 0.25) is 0 Å². The number of hydrogen-bond donors (Lipinski definition) is 1. The third kappa shape index (κ3) is 0.546. The van der Waals surface area contributed by atoms with Crippen LogP contribution in [-0.4, -0.2) is 16.0 Å². The second-order valence-electron chi connectivity index (χ2n) is 2.73. The molecule has 0 amide bonds. The average molecular weight is 136 g/mol. The van der Waals surface area contributed by atoms with Gasteiger partial charge in [0.25, 0.3) is 0 Å². The lowest BCUT2D eigenvalue weighted by Gasteiger charge is -1.93. The van der Waals surface area contributed by atoms with Gasteiger partial charge in [0.1, 0.15) is 0 Å². The summed E-state index contributed by atoms with van der Waals surface area (Å²) in [7, 11) is 0. The maximum absolute atomic E-state index is 11.2. The van der Waals surface area contributed by atoms with Gasteiger partial charge in [-0.1, -0.05) is 6.92 Å². The van der Waals surface area contributed by atoms with Gasteiger partial charge in [-0.05, 0) is 6.42 Å². The summed E-state index contributed by atoms with van der Waals surface area (Å²) in [4.78, 5) is 11.2. The summed E-state index contributed by atoms with van der Waals surface area (Å²) in [6, 6.07) is 0. The molecule has 0 spiro atoms. The Balaban J connectivity index is 2.53. The summed E-state index contributed by atoms with van der Waals surface area (Å²) in [5, 5.41) is 6.59. The molecule has 0 aromatic carbocycles. The van der Waals surface area contributed by atoms with Crippen molar-refractivity contribution in [1.82, 2.24) is 10.2 Å². The minimum Gasteiger partial charge on any atom is -0.294 e. The first kappa shape index (κ1) is 5.65. The third-order valence-corrected chi connectivity index (χ3v) is 1.94. The quantitative estimate of drug-likeness (QED) is 0.573. The minimum absolute atomic E-state index is 0.157. The van der Waals surface area contributed by atoms with Crippen molar-refractivity contribution in [1.29, 1.82) is 0 Å². The predicted octanol–water partition coefficient (Wildman–Crippen LogP) is 0.785. The van der Waals surface area contributed by atoms with Crippen LogP contribution in [0.15, 0.2) is 6.20 Å². The first-order valence-electron chi connectivity index (χ1n) is 3.35. The van der Waals surface area contributed by atoms with Crippen LogP contribution in [0.5, 0.6) is 0 Å². The van der Waals surface area contributed by atoms with Crippen molar-refractivity contribution in [2.45, 2.75) is 13.3 Å². The molecule has 1 unspecified atom stereocenters. The summed E-state index contributed by atoms with van der Waals surface area (Å²) in [5.41, 5.74) is 1.78. The highest BCUT2D eigenvalue weighted by atomic mass is 16.1. The Morgan fingerprint density at radius 1 is 1.80 bits per heavy atom. The number of nitrogens with zero attached hydrogens (tertiary/aromatic N) is 1. The number of H-pyrrole nitrogens is 1. The Hall–Kier alpha value is -1.12. The van der Waals surface area contributed by atoms with Gasteiger partial charge in [0, 0.05) is 11.6 Å². The molecule has 10 heavy (non-hydrogen) atoms. The highest BCUT2D eigenvalue weighted by molar-refractivity contribution is 6.01. The molecule has 2 rings (SSSR count). The molecule has 0 radical (unpaired) electrons. The van der Waals surface area contributed by atoms with Crippen LogP contribution in [0.2, 0.25) is 0 Å². The molecule has 1 aromatic heterocycles. The molecule has 1 aromatic rings. The molecular weight excluding hydrogens is 128 g/mol. The molecule has 0 bridgehead atoms. The Kier molecular flexibility index (Phi) is 0.952. The van der Waals surface area contributed by atoms with Crippen molar-refractivity contribution in [2.24, 2.45) is 5.92 Å². The molecular formula is C7H8N2O. The maximum atomic E-state index is 11.2. The van der Waals surface area contributed by atoms with Gasteiger partial charge in [0.05, 0.1) is 11.8 Å². The summed E-state index contributed by atoms with van der Waals surface area (Å²) in [6.45, 7) is 1.94. The zero-order valence-corrected chi connectivity index (χ0v) is 5.72. The summed E-state index contributed by atoms with van der Waals surface area (Å²) in [5.74, 6) is 0.382. The van der Waals surface area contributed by atoms with E-state index in [1.807, 2.05) is 6.92 Å². The second-order valence-corrected chi connectivity index (χ2v) is 2.73. The number of aromatic nitrogens is 2. The lowest BCUT2D eigenvalue weighted by atomic mass is 10.1. The molecule has 3 nitrogen and oxygen atoms in total. The highest BCUT2D eigenvalue weighted by Crippen LogP contribution is 2.23. The van der Waals surface area contributed by atoms with Gasteiger partial charge in [-0.2, -0.15) is 5.10 Å². The van der Waals surface area contributed by atoms with Crippen molar-refractivity contribution in [3.8, 4) is 0 Å². The molecule has 1 aliphatic rings. The number of carbonyl (C=O) groups excluding carboxylic acids is 1. The Morgan fingerprint density at radius 3 is 3.30 bits per heavy atom. The number of nitrogens with one attached hydrogen (secondary N) is 1. The van der Waals surface area contributed by atoms with Gasteiger partial charge in [0.15, 0.2) is 5.78 Å². The van der Waals surface area contributed by atoms with E-state index in [2.05, 4.69) is 10.2 Å². The molecule has 0 fully saturated rings. The van der Waals surface area contributed by atoms with Gasteiger partial charge in [-0.3, -0.25) is 9.89 Å². The van der Waals surface area contributed by atoms with Crippen molar-refractivity contribution in [3.05, 3.63) is 17.5 Å².